The molecular formula is C17H20N4O2S. The van der Waals surface area contributed by atoms with E-state index < -0.39 is 5.54 Å². The zero-order valence-electron chi connectivity index (χ0n) is 14.0. The molecule has 7 heteroatoms. The number of aryl methyl sites for hydroxylation is 2. The second-order valence-electron chi connectivity index (χ2n) is 6.73. The molecule has 1 aliphatic rings. The number of fused-ring (bicyclic) bond motifs is 3. The summed E-state index contributed by atoms with van der Waals surface area (Å²) in [4.78, 5) is 31.4. The van der Waals surface area contributed by atoms with Crippen LogP contribution in [0.2, 0.25) is 0 Å². The summed E-state index contributed by atoms with van der Waals surface area (Å²) in [6, 6.07) is 2.14. The number of hydrogen-bond acceptors (Lipinski definition) is 5. The average molecular weight is 344 g/mol. The molecule has 2 heterocycles. The minimum Gasteiger partial charge on any atom is -0.336 e. The van der Waals surface area contributed by atoms with Crippen LogP contribution in [-0.4, -0.2) is 21.0 Å². The number of carbonyl (C=O) groups is 1. The van der Waals surface area contributed by atoms with Crippen molar-refractivity contribution in [1.82, 2.24) is 14.9 Å². The van der Waals surface area contributed by atoms with Crippen molar-refractivity contribution in [1.29, 1.82) is 5.26 Å². The van der Waals surface area contributed by atoms with Crippen LogP contribution in [0.5, 0.6) is 0 Å². The van der Waals surface area contributed by atoms with Gasteiger partial charge in [-0.2, -0.15) is 5.26 Å². The highest BCUT2D eigenvalue weighted by molar-refractivity contribution is 7.18. The number of rotatable bonds is 4. The highest BCUT2D eigenvalue weighted by atomic mass is 32.1. The van der Waals surface area contributed by atoms with Crippen LogP contribution in [0, 0.1) is 17.2 Å². The van der Waals surface area contributed by atoms with Crippen LogP contribution >= 0.6 is 11.3 Å². The molecule has 3 rings (SSSR count). The number of amides is 1. The van der Waals surface area contributed by atoms with Gasteiger partial charge in [-0.1, -0.05) is 13.8 Å². The summed E-state index contributed by atoms with van der Waals surface area (Å²) in [5.41, 5.74) is -0.0222. The lowest BCUT2D eigenvalue weighted by Gasteiger charge is -2.27. The van der Waals surface area contributed by atoms with Crippen molar-refractivity contribution < 1.29 is 4.79 Å². The molecule has 0 bridgehead atoms. The number of aromatic nitrogens is 2. The van der Waals surface area contributed by atoms with Gasteiger partial charge >= 0.3 is 0 Å². The Balaban J connectivity index is 1.89. The molecule has 6 nitrogen and oxygen atoms in total. The fraction of sp³-hybridized carbons (Fsp3) is 0.529. The Morgan fingerprint density at radius 2 is 2.29 bits per heavy atom. The van der Waals surface area contributed by atoms with Crippen molar-refractivity contribution in [3.05, 3.63) is 27.1 Å². The molecule has 0 aliphatic heterocycles. The van der Waals surface area contributed by atoms with E-state index in [1.54, 1.807) is 18.3 Å². The third kappa shape index (κ3) is 2.71. The maximum absolute atomic E-state index is 12.7. The number of hydrogen-bond donors (Lipinski definition) is 1. The fourth-order valence-corrected chi connectivity index (χ4v) is 4.14. The number of nitrogens with zero attached hydrogens (tertiary/aromatic N) is 3. The van der Waals surface area contributed by atoms with Crippen molar-refractivity contribution in [2.24, 2.45) is 5.92 Å². The average Bonchev–Trinajstić information content (AvgIpc) is 3.10. The van der Waals surface area contributed by atoms with E-state index in [-0.39, 0.29) is 23.9 Å². The Kier molecular flexibility index (Phi) is 4.18. The summed E-state index contributed by atoms with van der Waals surface area (Å²) in [5, 5.41) is 12.7. The van der Waals surface area contributed by atoms with E-state index in [0.717, 1.165) is 29.7 Å². The quantitative estimate of drug-likeness (QED) is 0.919. The fourth-order valence-electron chi connectivity index (χ4n) is 2.92. The number of nitrogens with one attached hydrogen (secondary N) is 1. The van der Waals surface area contributed by atoms with Gasteiger partial charge in [0.15, 0.2) is 0 Å². The SMILES string of the molecule is CC(C)C(C)(C#N)NC(=O)Cn1cnc2sc3c(c2c1=O)CCC3. The maximum Gasteiger partial charge on any atom is 0.262 e. The van der Waals surface area contributed by atoms with Gasteiger partial charge in [-0.25, -0.2) is 4.98 Å². The van der Waals surface area contributed by atoms with Gasteiger partial charge < -0.3 is 5.32 Å². The van der Waals surface area contributed by atoms with Crippen LogP contribution in [0.15, 0.2) is 11.1 Å². The topological polar surface area (TPSA) is 87.8 Å². The van der Waals surface area contributed by atoms with Crippen LogP contribution in [0.4, 0.5) is 0 Å². The van der Waals surface area contributed by atoms with E-state index in [0.29, 0.717) is 5.39 Å². The van der Waals surface area contributed by atoms with Gasteiger partial charge in [0.25, 0.3) is 5.56 Å². The van der Waals surface area contributed by atoms with E-state index >= 15 is 0 Å². The van der Waals surface area contributed by atoms with Gasteiger partial charge in [-0.3, -0.25) is 14.2 Å². The lowest BCUT2D eigenvalue weighted by Crippen LogP contribution is -2.50. The molecule has 1 N–H and O–H groups in total. The highest BCUT2D eigenvalue weighted by Gasteiger charge is 2.30. The molecule has 0 radical (unpaired) electrons. The van der Waals surface area contributed by atoms with Crippen LogP contribution in [-0.2, 0) is 24.2 Å². The Bertz CT molecular complexity index is 906. The molecule has 1 unspecified atom stereocenters. The smallest absolute Gasteiger partial charge is 0.262 e. The summed E-state index contributed by atoms with van der Waals surface area (Å²) < 4.78 is 1.33. The summed E-state index contributed by atoms with van der Waals surface area (Å²) in [6.45, 7) is 5.30. The van der Waals surface area contributed by atoms with Crippen LogP contribution in [0.1, 0.15) is 37.6 Å². The molecule has 2 aromatic heterocycles. The van der Waals surface area contributed by atoms with Gasteiger partial charge in [0, 0.05) is 4.88 Å². The van der Waals surface area contributed by atoms with Crippen molar-refractivity contribution in [3.8, 4) is 6.07 Å². The van der Waals surface area contributed by atoms with E-state index in [9.17, 15) is 14.9 Å². The zero-order chi connectivity index (χ0) is 17.5. The molecule has 0 aromatic carbocycles. The summed E-state index contributed by atoms with van der Waals surface area (Å²) in [7, 11) is 0. The molecule has 0 fully saturated rings. The summed E-state index contributed by atoms with van der Waals surface area (Å²) in [6.07, 6.45) is 4.41. The van der Waals surface area contributed by atoms with Crippen molar-refractivity contribution in [2.45, 2.75) is 52.1 Å². The Morgan fingerprint density at radius 3 is 2.96 bits per heavy atom. The van der Waals surface area contributed by atoms with Gasteiger partial charge in [-0.05, 0) is 37.7 Å². The normalized spacial score (nSPS) is 16.0. The molecular weight excluding hydrogens is 324 g/mol. The predicted molar refractivity (Wildman–Crippen MR) is 92.9 cm³/mol. The first-order valence-corrected chi connectivity index (χ1v) is 8.89. The minimum absolute atomic E-state index is 0.0380. The monoisotopic (exact) mass is 344 g/mol. The molecule has 2 aromatic rings. The van der Waals surface area contributed by atoms with Gasteiger partial charge in [-0.15, -0.1) is 11.3 Å². The van der Waals surface area contributed by atoms with Crippen molar-refractivity contribution in [3.63, 3.8) is 0 Å². The van der Waals surface area contributed by atoms with E-state index in [2.05, 4.69) is 16.4 Å². The van der Waals surface area contributed by atoms with Crippen LogP contribution < -0.4 is 10.9 Å². The third-order valence-electron chi connectivity index (χ3n) is 4.79. The largest absolute Gasteiger partial charge is 0.336 e. The molecule has 0 spiro atoms. The van der Waals surface area contributed by atoms with Crippen molar-refractivity contribution >= 4 is 27.5 Å². The molecule has 0 saturated carbocycles. The first-order valence-electron chi connectivity index (χ1n) is 8.07. The Labute approximate surface area is 144 Å². The molecule has 24 heavy (non-hydrogen) atoms. The zero-order valence-corrected chi connectivity index (χ0v) is 14.9. The van der Waals surface area contributed by atoms with Crippen molar-refractivity contribution in [2.75, 3.05) is 0 Å². The number of thiophene rings is 1. The third-order valence-corrected chi connectivity index (χ3v) is 5.99. The van der Waals surface area contributed by atoms with Crippen LogP contribution in [0.3, 0.4) is 0 Å². The van der Waals surface area contributed by atoms with Gasteiger partial charge in [0.2, 0.25) is 5.91 Å². The molecule has 0 saturated heterocycles. The van der Waals surface area contributed by atoms with E-state index in [4.69, 9.17) is 0 Å². The molecule has 126 valence electrons. The summed E-state index contributed by atoms with van der Waals surface area (Å²) in [5.74, 6) is -0.396. The molecule has 1 atom stereocenters. The Morgan fingerprint density at radius 1 is 1.54 bits per heavy atom. The van der Waals surface area contributed by atoms with E-state index in [1.165, 1.54) is 15.8 Å². The number of nitriles is 1. The maximum atomic E-state index is 12.7. The number of carbonyl (C=O) groups excluding carboxylic acids is 1. The molecule has 1 aliphatic carbocycles. The second kappa shape index (κ2) is 6.02. The first-order chi connectivity index (χ1) is 11.4. The lowest BCUT2D eigenvalue weighted by atomic mass is 9.90. The lowest BCUT2D eigenvalue weighted by molar-refractivity contribution is -0.123. The Hall–Kier alpha value is -2.20. The molecule has 1 amide bonds. The van der Waals surface area contributed by atoms with Crippen LogP contribution in [0.25, 0.3) is 10.2 Å². The summed E-state index contributed by atoms with van der Waals surface area (Å²) >= 11 is 1.58. The highest BCUT2D eigenvalue weighted by Crippen LogP contribution is 2.34. The minimum atomic E-state index is -0.956. The van der Waals surface area contributed by atoms with Gasteiger partial charge in [0.1, 0.15) is 16.9 Å². The predicted octanol–water partition coefficient (Wildman–Crippen LogP) is 2.00. The van der Waals surface area contributed by atoms with Gasteiger partial charge in [0.05, 0.1) is 17.8 Å². The standard InChI is InChI=1S/C17H20N4O2S/c1-10(2)17(3,8-18)20-13(22)7-21-9-19-15-14(16(21)23)11-5-4-6-12(11)24-15/h9-10H,4-7H2,1-3H3,(H,20,22). The second-order valence-corrected chi connectivity index (χ2v) is 7.82. The first kappa shape index (κ1) is 16.7. The van der Waals surface area contributed by atoms with E-state index in [1.807, 2.05) is 13.8 Å².